The summed E-state index contributed by atoms with van der Waals surface area (Å²) in [4.78, 5) is 16.0. The van der Waals surface area contributed by atoms with Crippen LogP contribution >= 0.6 is 23.2 Å². The quantitative estimate of drug-likeness (QED) is 0.453. The topological polar surface area (TPSA) is 43.6 Å². The predicted octanol–water partition coefficient (Wildman–Crippen LogP) is 5.31. The summed E-state index contributed by atoms with van der Waals surface area (Å²) in [5, 5.41) is 2.10. The van der Waals surface area contributed by atoms with Gasteiger partial charge in [0.25, 0.3) is 0 Å². The van der Waals surface area contributed by atoms with Crippen molar-refractivity contribution in [1.82, 2.24) is 4.57 Å². The predicted molar refractivity (Wildman–Crippen MR) is 105 cm³/mol. The normalized spacial score (nSPS) is 15.6. The number of aliphatic imine (C=N–C) groups is 1. The van der Waals surface area contributed by atoms with Crippen molar-refractivity contribution in [3.05, 3.63) is 75.5 Å². The third-order valence-electron chi connectivity index (χ3n) is 4.18. The molecule has 2 aromatic carbocycles. The molecule has 6 heteroatoms. The SMILES string of the molecule is CC1=N/C(=C/c2cn(Cc3ccc(Cl)c(Cl)c3)c3ccccc23)C(=O)O1. The number of carbonyl (C=O) groups excluding carboxylic acids is 1. The van der Waals surface area contributed by atoms with Crippen LogP contribution in [0.2, 0.25) is 10.0 Å². The van der Waals surface area contributed by atoms with Crippen LogP contribution < -0.4 is 0 Å². The summed E-state index contributed by atoms with van der Waals surface area (Å²) in [6.45, 7) is 2.29. The minimum atomic E-state index is -0.427. The number of halogens is 2. The second-order valence-corrected chi connectivity index (χ2v) is 6.84. The third kappa shape index (κ3) is 3.14. The number of nitrogens with zero attached hydrogens (tertiary/aromatic N) is 2. The number of fused-ring (bicyclic) bond motifs is 1. The van der Waals surface area contributed by atoms with E-state index in [4.69, 9.17) is 27.9 Å². The number of cyclic esters (lactones) is 1. The summed E-state index contributed by atoms with van der Waals surface area (Å²) in [5.41, 5.74) is 3.30. The van der Waals surface area contributed by atoms with E-state index in [-0.39, 0.29) is 0 Å². The van der Waals surface area contributed by atoms with E-state index < -0.39 is 5.97 Å². The Balaban J connectivity index is 1.78. The van der Waals surface area contributed by atoms with Crippen molar-refractivity contribution in [2.24, 2.45) is 4.99 Å². The van der Waals surface area contributed by atoms with Gasteiger partial charge in [0.15, 0.2) is 11.6 Å². The molecule has 130 valence electrons. The van der Waals surface area contributed by atoms with E-state index in [1.54, 1.807) is 19.1 Å². The molecule has 0 bridgehead atoms. The monoisotopic (exact) mass is 384 g/mol. The molecule has 0 saturated heterocycles. The largest absolute Gasteiger partial charge is 0.407 e. The van der Waals surface area contributed by atoms with E-state index in [1.807, 2.05) is 42.6 Å². The lowest BCUT2D eigenvalue weighted by molar-refractivity contribution is -0.130. The van der Waals surface area contributed by atoms with Crippen LogP contribution in [0.3, 0.4) is 0 Å². The first-order chi connectivity index (χ1) is 12.5. The maximum atomic E-state index is 11.9. The van der Waals surface area contributed by atoms with Crippen LogP contribution in [-0.2, 0) is 16.1 Å². The summed E-state index contributed by atoms with van der Waals surface area (Å²) in [5.74, 6) is -0.0652. The maximum Gasteiger partial charge on any atom is 0.363 e. The molecular weight excluding hydrogens is 371 g/mol. The van der Waals surface area contributed by atoms with Gasteiger partial charge in [-0.2, -0.15) is 0 Å². The van der Waals surface area contributed by atoms with Gasteiger partial charge in [0.2, 0.25) is 0 Å². The van der Waals surface area contributed by atoms with Crippen LogP contribution in [0.25, 0.3) is 17.0 Å². The Morgan fingerprint density at radius 1 is 1.15 bits per heavy atom. The molecule has 0 N–H and O–H groups in total. The Hall–Kier alpha value is -2.56. The minimum absolute atomic E-state index is 0.306. The molecule has 0 amide bonds. The van der Waals surface area contributed by atoms with Gasteiger partial charge < -0.3 is 9.30 Å². The standard InChI is InChI=1S/C20H14Cl2N2O2/c1-12-23-18(20(25)26-12)9-14-11-24(19-5-3-2-4-15(14)19)10-13-6-7-16(21)17(22)8-13/h2-9,11H,10H2,1H3/b18-9+. The van der Waals surface area contributed by atoms with Crippen LogP contribution in [0, 0.1) is 0 Å². The number of aromatic nitrogens is 1. The number of hydrogen-bond acceptors (Lipinski definition) is 3. The molecule has 4 nitrogen and oxygen atoms in total. The van der Waals surface area contributed by atoms with Crippen molar-refractivity contribution in [2.45, 2.75) is 13.5 Å². The number of carbonyl (C=O) groups is 1. The van der Waals surface area contributed by atoms with Crippen molar-refractivity contribution in [2.75, 3.05) is 0 Å². The fourth-order valence-corrected chi connectivity index (χ4v) is 3.34. The van der Waals surface area contributed by atoms with Crippen molar-refractivity contribution in [3.63, 3.8) is 0 Å². The summed E-state index contributed by atoms with van der Waals surface area (Å²) in [6.07, 6.45) is 3.75. The van der Waals surface area contributed by atoms with Gasteiger partial charge in [0, 0.05) is 36.1 Å². The summed E-state index contributed by atoms with van der Waals surface area (Å²) in [6, 6.07) is 13.6. The van der Waals surface area contributed by atoms with Crippen molar-refractivity contribution < 1.29 is 9.53 Å². The Morgan fingerprint density at radius 3 is 2.69 bits per heavy atom. The van der Waals surface area contributed by atoms with Gasteiger partial charge in [-0.3, -0.25) is 0 Å². The molecule has 0 radical (unpaired) electrons. The van der Waals surface area contributed by atoms with Crippen LogP contribution in [-0.4, -0.2) is 16.4 Å². The van der Waals surface area contributed by atoms with E-state index in [2.05, 4.69) is 9.56 Å². The van der Waals surface area contributed by atoms with Gasteiger partial charge in [-0.15, -0.1) is 0 Å². The molecule has 0 saturated carbocycles. The summed E-state index contributed by atoms with van der Waals surface area (Å²) in [7, 11) is 0. The first-order valence-corrected chi connectivity index (χ1v) is 8.78. The number of rotatable bonds is 3. The zero-order valence-electron chi connectivity index (χ0n) is 13.9. The molecule has 0 spiro atoms. The Kier molecular flexibility index (Phi) is 4.31. The van der Waals surface area contributed by atoms with Gasteiger partial charge in [0.05, 0.1) is 10.0 Å². The average molecular weight is 385 g/mol. The lowest BCUT2D eigenvalue weighted by Crippen LogP contribution is -1.99. The highest BCUT2D eigenvalue weighted by Gasteiger charge is 2.20. The minimum Gasteiger partial charge on any atom is -0.407 e. The highest BCUT2D eigenvalue weighted by molar-refractivity contribution is 6.42. The molecular formula is C20H14Cl2N2O2. The zero-order chi connectivity index (χ0) is 18.3. The molecule has 0 fully saturated rings. The fourth-order valence-electron chi connectivity index (χ4n) is 3.02. The Labute approximate surface area is 160 Å². The van der Waals surface area contributed by atoms with Crippen molar-refractivity contribution >= 4 is 52.0 Å². The summed E-state index contributed by atoms with van der Waals surface area (Å²) < 4.78 is 7.10. The second-order valence-electron chi connectivity index (χ2n) is 6.03. The third-order valence-corrected chi connectivity index (χ3v) is 4.92. The highest BCUT2D eigenvalue weighted by Crippen LogP contribution is 2.28. The number of hydrogen-bond donors (Lipinski definition) is 0. The van der Waals surface area contributed by atoms with Crippen LogP contribution in [0.1, 0.15) is 18.1 Å². The number of ether oxygens (including phenoxy) is 1. The molecule has 0 aliphatic carbocycles. The smallest absolute Gasteiger partial charge is 0.363 e. The van der Waals surface area contributed by atoms with Crippen molar-refractivity contribution in [3.8, 4) is 0 Å². The number of esters is 1. The molecule has 4 rings (SSSR count). The molecule has 0 atom stereocenters. The van der Waals surface area contributed by atoms with Gasteiger partial charge >= 0.3 is 5.97 Å². The van der Waals surface area contributed by atoms with Gasteiger partial charge in [-0.05, 0) is 29.8 Å². The molecule has 1 aromatic heterocycles. The van der Waals surface area contributed by atoms with Gasteiger partial charge in [-0.1, -0.05) is 47.5 Å². The number of benzene rings is 2. The van der Waals surface area contributed by atoms with Crippen molar-refractivity contribution in [1.29, 1.82) is 0 Å². The van der Waals surface area contributed by atoms with Crippen LogP contribution in [0.5, 0.6) is 0 Å². The Morgan fingerprint density at radius 2 is 1.96 bits per heavy atom. The van der Waals surface area contributed by atoms with Gasteiger partial charge in [0.1, 0.15) is 0 Å². The molecule has 3 aromatic rings. The molecule has 0 unspecified atom stereocenters. The first-order valence-electron chi connectivity index (χ1n) is 8.02. The van der Waals surface area contributed by atoms with E-state index in [0.717, 1.165) is 22.0 Å². The summed E-state index contributed by atoms with van der Waals surface area (Å²) >= 11 is 12.1. The lowest BCUT2D eigenvalue weighted by Gasteiger charge is -2.06. The molecule has 26 heavy (non-hydrogen) atoms. The van der Waals surface area contributed by atoms with E-state index in [1.165, 1.54) is 0 Å². The highest BCUT2D eigenvalue weighted by atomic mass is 35.5. The molecule has 2 heterocycles. The van der Waals surface area contributed by atoms with Gasteiger partial charge in [-0.25, -0.2) is 9.79 Å². The van der Waals surface area contributed by atoms with Crippen LogP contribution in [0.4, 0.5) is 0 Å². The van der Waals surface area contributed by atoms with E-state index >= 15 is 0 Å². The zero-order valence-corrected chi connectivity index (χ0v) is 15.4. The molecule has 1 aliphatic rings. The maximum absolute atomic E-state index is 11.9. The van der Waals surface area contributed by atoms with E-state index in [9.17, 15) is 4.79 Å². The fraction of sp³-hybridized carbons (Fsp3) is 0.100. The number of para-hydroxylation sites is 1. The lowest BCUT2D eigenvalue weighted by atomic mass is 10.1. The Bertz CT molecular complexity index is 1100. The van der Waals surface area contributed by atoms with Crippen LogP contribution in [0.15, 0.2) is 59.4 Å². The average Bonchev–Trinajstić information content (AvgIpc) is 3.11. The first kappa shape index (κ1) is 16.9. The molecule has 1 aliphatic heterocycles. The second kappa shape index (κ2) is 6.63. The van der Waals surface area contributed by atoms with E-state index in [0.29, 0.717) is 28.2 Å².